The van der Waals surface area contributed by atoms with E-state index in [1.165, 1.54) is 0 Å². The molecule has 2 rings (SSSR count). The molecule has 0 atom stereocenters. The van der Waals surface area contributed by atoms with Crippen LogP contribution in [0.1, 0.15) is 18.1 Å². The number of hydrogen-bond donors (Lipinski definition) is 0. The predicted octanol–water partition coefficient (Wildman–Crippen LogP) is 5.29. The van der Waals surface area contributed by atoms with E-state index in [0.29, 0.717) is 5.03 Å². The molecule has 2 aromatic rings. The van der Waals surface area contributed by atoms with Crippen LogP contribution < -0.4 is 0 Å². The fourth-order valence-corrected chi connectivity index (χ4v) is 1.92. The summed E-state index contributed by atoms with van der Waals surface area (Å²) in [5, 5.41) is 0.688. The van der Waals surface area contributed by atoms with Gasteiger partial charge in [-0.3, -0.25) is 0 Å². The molecule has 2 aromatic carbocycles. The predicted molar refractivity (Wildman–Crippen MR) is 88.1 cm³/mol. The van der Waals surface area contributed by atoms with Crippen LogP contribution in [0.25, 0.3) is 5.70 Å². The maximum Gasteiger partial charge on any atom is 0.0720 e. The van der Waals surface area contributed by atoms with Gasteiger partial charge in [0, 0.05) is 10.6 Å². The third kappa shape index (κ3) is 3.94. The molecule has 0 aromatic heterocycles. The molecule has 0 heterocycles. The summed E-state index contributed by atoms with van der Waals surface area (Å²) in [4.78, 5) is 4.62. The number of aliphatic imine (C=N–C) groups is 1. The minimum atomic E-state index is 0.688. The zero-order valence-corrected chi connectivity index (χ0v) is 12.1. The molecule has 0 unspecified atom stereocenters. The Kier molecular flexibility index (Phi) is 4.91. The molecule has 1 nitrogen and oxygen atoms in total. The summed E-state index contributed by atoms with van der Waals surface area (Å²) < 4.78 is 0. The largest absolute Gasteiger partial charge is 0.248 e. The molecule has 0 spiro atoms. The third-order valence-corrected chi connectivity index (χ3v) is 2.88. The van der Waals surface area contributed by atoms with E-state index in [9.17, 15) is 0 Å². The first-order chi connectivity index (χ1) is 9.66. The van der Waals surface area contributed by atoms with Crippen LogP contribution in [0.2, 0.25) is 0 Å². The van der Waals surface area contributed by atoms with E-state index in [-0.39, 0.29) is 0 Å². The molecule has 0 saturated heterocycles. The molecule has 0 aliphatic heterocycles. The molecule has 20 heavy (non-hydrogen) atoms. The fourth-order valence-electron chi connectivity index (χ4n) is 1.82. The monoisotopic (exact) mass is 281 g/mol. The minimum Gasteiger partial charge on any atom is -0.248 e. The molecule has 0 saturated carbocycles. The molecular formula is C18H16ClN. The van der Waals surface area contributed by atoms with Crippen molar-refractivity contribution in [2.75, 3.05) is 0 Å². The van der Waals surface area contributed by atoms with Crippen LogP contribution >= 0.6 is 11.6 Å². The summed E-state index contributed by atoms with van der Waals surface area (Å²) in [7, 11) is 0. The molecule has 2 heteroatoms. The SMILES string of the molecule is C=C(N=C(/C=C(\C)Cl)c1ccccc1)c1ccccc1. The van der Waals surface area contributed by atoms with Crippen molar-refractivity contribution >= 4 is 23.0 Å². The Morgan fingerprint density at radius 1 is 0.950 bits per heavy atom. The third-order valence-electron chi connectivity index (χ3n) is 2.77. The van der Waals surface area contributed by atoms with Crippen molar-refractivity contribution in [3.8, 4) is 0 Å². The first kappa shape index (κ1) is 14.3. The molecule has 0 N–H and O–H groups in total. The summed E-state index contributed by atoms with van der Waals surface area (Å²) in [6, 6.07) is 19.9. The van der Waals surface area contributed by atoms with Gasteiger partial charge in [-0.15, -0.1) is 0 Å². The Bertz CT molecular complexity index is 636. The molecule has 0 fully saturated rings. The average Bonchev–Trinajstić information content (AvgIpc) is 2.48. The molecule has 0 amide bonds. The average molecular weight is 282 g/mol. The van der Waals surface area contributed by atoms with Crippen LogP contribution in [0, 0.1) is 0 Å². The molecule has 0 radical (unpaired) electrons. The summed E-state index contributed by atoms with van der Waals surface area (Å²) in [5.74, 6) is 0. The van der Waals surface area contributed by atoms with Gasteiger partial charge in [-0.05, 0) is 18.6 Å². The van der Waals surface area contributed by atoms with E-state index in [0.717, 1.165) is 22.5 Å². The van der Waals surface area contributed by atoms with Crippen LogP contribution in [-0.2, 0) is 0 Å². The quantitative estimate of drug-likeness (QED) is 0.675. The van der Waals surface area contributed by atoms with Crippen molar-refractivity contribution in [1.29, 1.82) is 0 Å². The van der Waals surface area contributed by atoms with Crippen molar-refractivity contribution in [2.45, 2.75) is 6.92 Å². The molecule has 100 valence electrons. The second kappa shape index (κ2) is 6.88. The van der Waals surface area contributed by atoms with Crippen molar-refractivity contribution in [3.63, 3.8) is 0 Å². The number of halogens is 1. The highest BCUT2D eigenvalue weighted by molar-refractivity contribution is 6.31. The van der Waals surface area contributed by atoms with E-state index in [1.54, 1.807) is 0 Å². The highest BCUT2D eigenvalue weighted by atomic mass is 35.5. The van der Waals surface area contributed by atoms with Crippen LogP contribution in [0.15, 0.2) is 83.3 Å². The van der Waals surface area contributed by atoms with Gasteiger partial charge in [0.15, 0.2) is 0 Å². The normalized spacial score (nSPS) is 12.3. The van der Waals surface area contributed by atoms with Gasteiger partial charge in [-0.2, -0.15) is 0 Å². The summed E-state index contributed by atoms with van der Waals surface area (Å²) in [5.41, 5.74) is 3.55. The fraction of sp³-hybridized carbons (Fsp3) is 0.0556. The Morgan fingerprint density at radius 2 is 1.45 bits per heavy atom. The second-order valence-corrected chi connectivity index (χ2v) is 5.00. The highest BCUT2D eigenvalue weighted by Crippen LogP contribution is 2.16. The van der Waals surface area contributed by atoms with Gasteiger partial charge in [-0.1, -0.05) is 78.8 Å². The summed E-state index contributed by atoms with van der Waals surface area (Å²) in [6.45, 7) is 5.88. The number of benzene rings is 2. The molecule has 0 aliphatic carbocycles. The number of allylic oxidation sites excluding steroid dienone is 2. The van der Waals surface area contributed by atoms with Crippen LogP contribution in [0.5, 0.6) is 0 Å². The Morgan fingerprint density at radius 3 is 1.95 bits per heavy atom. The minimum absolute atomic E-state index is 0.688. The maximum atomic E-state index is 6.00. The van der Waals surface area contributed by atoms with Crippen LogP contribution in [-0.4, -0.2) is 5.71 Å². The highest BCUT2D eigenvalue weighted by Gasteiger charge is 2.03. The number of hydrogen-bond acceptors (Lipinski definition) is 1. The first-order valence-electron chi connectivity index (χ1n) is 6.39. The lowest BCUT2D eigenvalue weighted by atomic mass is 10.1. The van der Waals surface area contributed by atoms with Crippen molar-refractivity contribution in [2.24, 2.45) is 4.99 Å². The second-order valence-electron chi connectivity index (χ2n) is 4.41. The number of rotatable bonds is 4. The topological polar surface area (TPSA) is 12.4 Å². The Balaban J connectivity index is 2.40. The molecule has 0 aliphatic rings. The lowest BCUT2D eigenvalue weighted by Gasteiger charge is -2.05. The van der Waals surface area contributed by atoms with Gasteiger partial charge in [-0.25, -0.2) is 4.99 Å². The van der Waals surface area contributed by atoms with Crippen molar-refractivity contribution in [1.82, 2.24) is 0 Å². The van der Waals surface area contributed by atoms with E-state index >= 15 is 0 Å². The van der Waals surface area contributed by atoms with E-state index in [2.05, 4.69) is 11.6 Å². The summed E-state index contributed by atoms with van der Waals surface area (Å²) in [6.07, 6.45) is 1.85. The zero-order valence-electron chi connectivity index (χ0n) is 11.4. The lowest BCUT2D eigenvalue weighted by Crippen LogP contribution is -1.97. The smallest absolute Gasteiger partial charge is 0.0720 e. The van der Waals surface area contributed by atoms with E-state index in [4.69, 9.17) is 11.6 Å². The molecular weight excluding hydrogens is 266 g/mol. The van der Waals surface area contributed by atoms with Gasteiger partial charge in [0.25, 0.3) is 0 Å². The maximum absolute atomic E-state index is 6.00. The van der Waals surface area contributed by atoms with E-state index < -0.39 is 0 Å². The first-order valence-corrected chi connectivity index (χ1v) is 6.77. The van der Waals surface area contributed by atoms with Crippen LogP contribution in [0.4, 0.5) is 0 Å². The lowest BCUT2D eigenvalue weighted by molar-refractivity contribution is 1.49. The summed E-state index contributed by atoms with van der Waals surface area (Å²) >= 11 is 6.00. The van der Waals surface area contributed by atoms with Gasteiger partial charge < -0.3 is 0 Å². The Hall–Kier alpha value is -2.12. The van der Waals surface area contributed by atoms with Crippen molar-refractivity contribution < 1.29 is 0 Å². The van der Waals surface area contributed by atoms with Gasteiger partial charge >= 0.3 is 0 Å². The standard InChI is InChI=1S/C18H16ClN/c1-14(19)13-18(17-11-7-4-8-12-17)20-15(2)16-9-5-3-6-10-16/h3-13H,2H2,1H3/b14-13+,20-18?. The van der Waals surface area contributed by atoms with Crippen LogP contribution in [0.3, 0.4) is 0 Å². The number of nitrogens with zero attached hydrogens (tertiary/aromatic N) is 1. The molecule has 0 bridgehead atoms. The van der Waals surface area contributed by atoms with Gasteiger partial charge in [0.1, 0.15) is 0 Å². The Labute approximate surface area is 124 Å². The van der Waals surface area contributed by atoms with Gasteiger partial charge in [0.2, 0.25) is 0 Å². The van der Waals surface area contributed by atoms with Gasteiger partial charge in [0.05, 0.1) is 11.4 Å². The van der Waals surface area contributed by atoms with E-state index in [1.807, 2.05) is 73.7 Å². The van der Waals surface area contributed by atoms with Crippen molar-refractivity contribution in [3.05, 3.63) is 89.5 Å². The zero-order chi connectivity index (χ0) is 14.4.